The molecule has 6 heteroatoms. The monoisotopic (exact) mass is 346 g/mol. The van der Waals surface area contributed by atoms with Gasteiger partial charge in [-0.3, -0.25) is 4.79 Å². The Morgan fingerprint density at radius 1 is 1.08 bits per heavy atom. The lowest BCUT2D eigenvalue weighted by Gasteiger charge is -2.12. The van der Waals surface area contributed by atoms with Gasteiger partial charge >= 0.3 is 5.97 Å². The third kappa shape index (κ3) is 4.49. The third-order valence-electron chi connectivity index (χ3n) is 3.50. The first-order chi connectivity index (χ1) is 11.4. The second-order valence-corrected chi connectivity index (χ2v) is 5.81. The molecule has 0 saturated heterocycles. The number of anilines is 2. The predicted octanol–water partition coefficient (Wildman–Crippen LogP) is 3.79. The molecule has 0 aliphatic carbocycles. The number of esters is 1. The van der Waals surface area contributed by atoms with Crippen LogP contribution in [-0.2, 0) is 9.53 Å². The quantitative estimate of drug-likeness (QED) is 0.808. The number of hydrogen-bond acceptors (Lipinski definition) is 4. The average molecular weight is 347 g/mol. The van der Waals surface area contributed by atoms with Crippen molar-refractivity contribution in [2.45, 2.75) is 13.8 Å². The normalized spacial score (nSPS) is 10.2. The van der Waals surface area contributed by atoms with E-state index in [4.69, 9.17) is 11.6 Å². The van der Waals surface area contributed by atoms with E-state index in [2.05, 4.69) is 15.4 Å². The first kappa shape index (κ1) is 17.8. The number of hydrogen-bond donors (Lipinski definition) is 2. The summed E-state index contributed by atoms with van der Waals surface area (Å²) in [5.74, 6) is -0.688. The highest BCUT2D eigenvalue weighted by molar-refractivity contribution is 6.33. The molecule has 2 N–H and O–H groups in total. The van der Waals surface area contributed by atoms with Gasteiger partial charge in [0.1, 0.15) is 0 Å². The van der Waals surface area contributed by atoms with Gasteiger partial charge in [0.05, 0.1) is 29.9 Å². The highest BCUT2D eigenvalue weighted by atomic mass is 35.5. The van der Waals surface area contributed by atoms with E-state index in [0.717, 1.165) is 11.1 Å². The summed E-state index contributed by atoms with van der Waals surface area (Å²) in [5, 5.41) is 6.33. The van der Waals surface area contributed by atoms with Crippen LogP contribution in [0.3, 0.4) is 0 Å². The summed E-state index contributed by atoms with van der Waals surface area (Å²) in [7, 11) is 1.32. The Labute approximate surface area is 146 Å². The van der Waals surface area contributed by atoms with Crippen LogP contribution in [0.25, 0.3) is 0 Å². The van der Waals surface area contributed by atoms with Crippen molar-refractivity contribution < 1.29 is 14.3 Å². The molecule has 0 spiro atoms. The Hall–Kier alpha value is -2.53. The predicted molar refractivity (Wildman–Crippen MR) is 95.8 cm³/mol. The van der Waals surface area contributed by atoms with E-state index >= 15 is 0 Å². The van der Waals surface area contributed by atoms with E-state index in [1.165, 1.54) is 7.11 Å². The molecule has 2 rings (SSSR count). The SMILES string of the molecule is COC(=O)c1ccc(C)c(NC(=O)CNc2ccc(C)cc2Cl)c1. The van der Waals surface area contributed by atoms with Gasteiger partial charge in [-0.1, -0.05) is 23.7 Å². The van der Waals surface area contributed by atoms with Crippen LogP contribution in [0.1, 0.15) is 21.5 Å². The maximum atomic E-state index is 12.1. The van der Waals surface area contributed by atoms with Gasteiger partial charge in [0.2, 0.25) is 5.91 Å². The molecule has 0 atom stereocenters. The van der Waals surface area contributed by atoms with E-state index in [0.29, 0.717) is 22.0 Å². The number of rotatable bonds is 5. The van der Waals surface area contributed by atoms with E-state index in [9.17, 15) is 9.59 Å². The fourth-order valence-corrected chi connectivity index (χ4v) is 2.44. The second-order valence-electron chi connectivity index (χ2n) is 5.41. The lowest BCUT2D eigenvalue weighted by atomic mass is 10.1. The summed E-state index contributed by atoms with van der Waals surface area (Å²) in [6.07, 6.45) is 0. The number of halogens is 1. The molecule has 5 nitrogen and oxygen atoms in total. The van der Waals surface area contributed by atoms with Crippen molar-refractivity contribution in [3.8, 4) is 0 Å². The largest absolute Gasteiger partial charge is 0.465 e. The topological polar surface area (TPSA) is 67.4 Å². The van der Waals surface area contributed by atoms with Gasteiger partial charge in [-0.15, -0.1) is 0 Å². The Morgan fingerprint density at radius 2 is 1.83 bits per heavy atom. The number of nitrogens with one attached hydrogen (secondary N) is 2. The first-order valence-corrected chi connectivity index (χ1v) is 7.77. The van der Waals surface area contributed by atoms with E-state index in [1.54, 1.807) is 18.2 Å². The van der Waals surface area contributed by atoms with Gasteiger partial charge in [0.15, 0.2) is 0 Å². The van der Waals surface area contributed by atoms with Crippen LogP contribution in [0, 0.1) is 13.8 Å². The zero-order valence-corrected chi connectivity index (χ0v) is 14.5. The molecule has 0 saturated carbocycles. The second kappa shape index (κ2) is 7.84. The Morgan fingerprint density at radius 3 is 2.50 bits per heavy atom. The van der Waals surface area contributed by atoms with Crippen LogP contribution < -0.4 is 10.6 Å². The van der Waals surface area contributed by atoms with Gasteiger partial charge < -0.3 is 15.4 Å². The fraction of sp³-hybridized carbons (Fsp3) is 0.222. The summed E-state index contributed by atoms with van der Waals surface area (Å²) in [5.41, 5.74) is 3.54. The number of benzene rings is 2. The van der Waals surface area contributed by atoms with Crippen LogP contribution in [0.5, 0.6) is 0 Å². The van der Waals surface area contributed by atoms with Gasteiger partial charge in [0.25, 0.3) is 0 Å². The standard InChI is InChI=1S/C18H19ClN2O3/c1-11-4-7-15(14(19)8-11)20-10-17(22)21-16-9-13(18(23)24-3)6-5-12(16)2/h4-9,20H,10H2,1-3H3,(H,21,22). The lowest BCUT2D eigenvalue weighted by molar-refractivity contribution is -0.114. The summed E-state index contributed by atoms with van der Waals surface area (Å²) in [4.78, 5) is 23.7. The third-order valence-corrected chi connectivity index (χ3v) is 3.81. The number of amides is 1. The molecule has 0 aliphatic heterocycles. The van der Waals surface area contributed by atoms with E-state index in [-0.39, 0.29) is 12.5 Å². The van der Waals surface area contributed by atoms with Crippen molar-refractivity contribution in [3.05, 3.63) is 58.1 Å². The average Bonchev–Trinajstić information content (AvgIpc) is 2.55. The highest BCUT2D eigenvalue weighted by Gasteiger charge is 2.10. The lowest BCUT2D eigenvalue weighted by Crippen LogP contribution is -2.22. The molecule has 2 aromatic rings. The Bertz CT molecular complexity index is 775. The fourth-order valence-electron chi connectivity index (χ4n) is 2.13. The zero-order chi connectivity index (χ0) is 17.7. The van der Waals surface area contributed by atoms with Gasteiger partial charge in [-0.05, 0) is 49.2 Å². The number of ether oxygens (including phenoxy) is 1. The van der Waals surface area contributed by atoms with E-state index in [1.807, 2.05) is 32.0 Å². The van der Waals surface area contributed by atoms with Crippen LogP contribution >= 0.6 is 11.6 Å². The van der Waals surface area contributed by atoms with Crippen molar-refractivity contribution in [2.24, 2.45) is 0 Å². The molecule has 1 amide bonds. The van der Waals surface area contributed by atoms with Crippen LogP contribution in [0.4, 0.5) is 11.4 Å². The van der Waals surface area contributed by atoms with Crippen molar-refractivity contribution in [2.75, 3.05) is 24.3 Å². The minimum Gasteiger partial charge on any atom is -0.465 e. The van der Waals surface area contributed by atoms with Crippen molar-refractivity contribution in [1.82, 2.24) is 0 Å². The summed E-state index contributed by atoms with van der Waals surface area (Å²) in [6.45, 7) is 3.85. The highest BCUT2D eigenvalue weighted by Crippen LogP contribution is 2.22. The molecule has 126 valence electrons. The van der Waals surface area contributed by atoms with Gasteiger partial charge in [-0.25, -0.2) is 4.79 Å². The van der Waals surface area contributed by atoms with Crippen LogP contribution in [0.2, 0.25) is 5.02 Å². The molecule has 24 heavy (non-hydrogen) atoms. The smallest absolute Gasteiger partial charge is 0.337 e. The van der Waals surface area contributed by atoms with E-state index < -0.39 is 5.97 Å². The maximum absolute atomic E-state index is 12.1. The molecule has 0 radical (unpaired) electrons. The molecular weight excluding hydrogens is 328 g/mol. The minimum absolute atomic E-state index is 0.0602. The number of carbonyl (C=O) groups excluding carboxylic acids is 2. The number of aryl methyl sites for hydroxylation is 2. The summed E-state index contributed by atoms with van der Waals surface area (Å²) >= 11 is 6.12. The molecule has 0 aromatic heterocycles. The van der Waals surface area contributed by atoms with Gasteiger partial charge in [0, 0.05) is 5.69 Å². The molecule has 0 unspecified atom stereocenters. The summed E-state index contributed by atoms with van der Waals surface area (Å²) < 4.78 is 4.69. The van der Waals surface area contributed by atoms with Crippen LogP contribution in [-0.4, -0.2) is 25.5 Å². The first-order valence-electron chi connectivity index (χ1n) is 7.39. The maximum Gasteiger partial charge on any atom is 0.337 e. The molecular formula is C18H19ClN2O3. The Kier molecular flexibility index (Phi) is 5.82. The molecule has 0 bridgehead atoms. The van der Waals surface area contributed by atoms with Crippen molar-refractivity contribution in [3.63, 3.8) is 0 Å². The van der Waals surface area contributed by atoms with Crippen LogP contribution in [0.15, 0.2) is 36.4 Å². The number of methoxy groups -OCH3 is 1. The molecule has 0 heterocycles. The molecule has 0 fully saturated rings. The van der Waals surface area contributed by atoms with Gasteiger partial charge in [-0.2, -0.15) is 0 Å². The van der Waals surface area contributed by atoms with Crippen molar-refractivity contribution >= 4 is 34.9 Å². The molecule has 0 aliphatic rings. The number of carbonyl (C=O) groups is 2. The zero-order valence-electron chi connectivity index (χ0n) is 13.8. The Balaban J connectivity index is 2.03. The molecule has 2 aromatic carbocycles. The van der Waals surface area contributed by atoms with Crippen molar-refractivity contribution in [1.29, 1.82) is 0 Å². The minimum atomic E-state index is -0.449. The summed E-state index contributed by atoms with van der Waals surface area (Å²) in [6, 6.07) is 10.6.